The Morgan fingerprint density at radius 1 is 1.00 bits per heavy atom. The molecular formula is C25H27N5O3S. The maximum absolute atomic E-state index is 12.4. The van der Waals surface area contributed by atoms with Gasteiger partial charge in [-0.3, -0.25) is 0 Å². The van der Waals surface area contributed by atoms with Crippen molar-refractivity contribution in [2.45, 2.75) is 37.5 Å². The fourth-order valence-electron chi connectivity index (χ4n) is 3.39. The van der Waals surface area contributed by atoms with E-state index in [0.29, 0.717) is 28.4 Å². The fourth-order valence-corrected chi connectivity index (χ4v) is 4.45. The molecule has 0 radical (unpaired) electrons. The van der Waals surface area contributed by atoms with Crippen LogP contribution < -0.4 is 11.1 Å². The average molecular weight is 478 g/mol. The molecule has 0 saturated carbocycles. The van der Waals surface area contributed by atoms with Gasteiger partial charge in [0.05, 0.1) is 22.0 Å². The van der Waals surface area contributed by atoms with Crippen molar-refractivity contribution in [2.75, 3.05) is 12.3 Å². The van der Waals surface area contributed by atoms with Crippen LogP contribution in [0, 0.1) is 0 Å². The first-order valence-corrected chi connectivity index (χ1v) is 12.6. The number of nitrogens with zero attached hydrogens (tertiary/aromatic N) is 3. The molecule has 0 atom stereocenters. The summed E-state index contributed by atoms with van der Waals surface area (Å²) in [4.78, 5) is 9.14. The van der Waals surface area contributed by atoms with E-state index in [9.17, 15) is 8.42 Å². The maximum Gasteiger partial charge on any atom is 0.189 e. The molecule has 2 aromatic carbocycles. The summed E-state index contributed by atoms with van der Waals surface area (Å²) in [5.74, 6) is 0.615. The molecule has 3 N–H and O–H groups in total. The summed E-state index contributed by atoms with van der Waals surface area (Å²) in [5, 5.41) is 6.97. The third-order valence-electron chi connectivity index (χ3n) is 5.47. The maximum atomic E-state index is 12.4. The van der Waals surface area contributed by atoms with Gasteiger partial charge >= 0.3 is 0 Å². The Balaban J connectivity index is 1.60. The number of aromatic nitrogens is 3. The van der Waals surface area contributed by atoms with Crippen LogP contribution in [-0.4, -0.2) is 35.3 Å². The summed E-state index contributed by atoms with van der Waals surface area (Å²) in [7, 11) is -3.35. The molecule has 176 valence electrons. The number of hydrogen-bond donors (Lipinski definition) is 2. The van der Waals surface area contributed by atoms with Gasteiger partial charge < -0.3 is 15.6 Å². The molecule has 0 unspecified atom stereocenters. The molecule has 2 heterocycles. The summed E-state index contributed by atoms with van der Waals surface area (Å²) in [6, 6.07) is 16.4. The Bertz CT molecular complexity index is 1380. The minimum atomic E-state index is -3.35. The van der Waals surface area contributed by atoms with Crippen molar-refractivity contribution in [3.8, 4) is 34.0 Å². The molecule has 0 fully saturated rings. The molecule has 0 aliphatic heterocycles. The fraction of sp³-hybridized carbons (Fsp3) is 0.240. The van der Waals surface area contributed by atoms with Gasteiger partial charge in [0.25, 0.3) is 0 Å². The second-order valence-electron chi connectivity index (χ2n) is 8.16. The summed E-state index contributed by atoms with van der Waals surface area (Å²) in [6.45, 7) is 7.11. The Kier molecular flexibility index (Phi) is 6.76. The lowest BCUT2D eigenvalue weighted by Gasteiger charge is -2.09. The van der Waals surface area contributed by atoms with Crippen molar-refractivity contribution in [1.29, 1.82) is 0 Å². The van der Waals surface area contributed by atoms with E-state index in [1.165, 1.54) is 5.56 Å². The van der Waals surface area contributed by atoms with Crippen molar-refractivity contribution >= 4 is 15.7 Å². The second kappa shape index (κ2) is 9.74. The van der Waals surface area contributed by atoms with Crippen LogP contribution >= 0.6 is 0 Å². The molecule has 0 bridgehead atoms. The Morgan fingerprint density at radius 3 is 2.29 bits per heavy atom. The average Bonchev–Trinajstić information content (AvgIpc) is 3.33. The van der Waals surface area contributed by atoms with E-state index in [0.717, 1.165) is 18.7 Å². The van der Waals surface area contributed by atoms with E-state index in [2.05, 4.69) is 27.4 Å². The normalized spacial score (nSPS) is 11.8. The van der Waals surface area contributed by atoms with Gasteiger partial charge in [-0.1, -0.05) is 48.5 Å². The summed E-state index contributed by atoms with van der Waals surface area (Å²) in [5.41, 5.74) is 10.5. The van der Waals surface area contributed by atoms with E-state index in [1.54, 1.807) is 50.4 Å². The van der Waals surface area contributed by atoms with Gasteiger partial charge in [0.2, 0.25) is 0 Å². The summed E-state index contributed by atoms with van der Waals surface area (Å²) in [6.07, 6.45) is 1.55. The molecule has 2 aromatic heterocycles. The molecule has 9 heteroatoms. The van der Waals surface area contributed by atoms with Crippen molar-refractivity contribution < 1.29 is 12.9 Å². The Labute approximate surface area is 199 Å². The lowest BCUT2D eigenvalue weighted by Crippen LogP contribution is -2.13. The molecule has 0 saturated heterocycles. The van der Waals surface area contributed by atoms with Gasteiger partial charge in [-0.05, 0) is 38.1 Å². The van der Waals surface area contributed by atoms with Gasteiger partial charge in [-0.15, -0.1) is 0 Å². The monoisotopic (exact) mass is 477 g/mol. The number of sulfone groups is 1. The second-order valence-corrected chi connectivity index (χ2v) is 10.7. The van der Waals surface area contributed by atoms with Gasteiger partial charge in [0.15, 0.2) is 27.1 Å². The Morgan fingerprint density at radius 2 is 1.65 bits per heavy atom. The van der Waals surface area contributed by atoms with Crippen molar-refractivity contribution in [2.24, 2.45) is 0 Å². The van der Waals surface area contributed by atoms with Gasteiger partial charge in [0.1, 0.15) is 5.69 Å². The number of nitrogens with two attached hydrogens (primary N) is 1. The van der Waals surface area contributed by atoms with E-state index >= 15 is 0 Å². The molecule has 0 amide bonds. The molecule has 34 heavy (non-hydrogen) atoms. The van der Waals surface area contributed by atoms with E-state index in [-0.39, 0.29) is 10.7 Å². The van der Waals surface area contributed by atoms with Gasteiger partial charge in [-0.25, -0.2) is 18.4 Å². The van der Waals surface area contributed by atoms with Crippen LogP contribution in [0.5, 0.6) is 0 Å². The summed E-state index contributed by atoms with van der Waals surface area (Å²) >= 11 is 0. The quantitative estimate of drug-likeness (QED) is 0.384. The van der Waals surface area contributed by atoms with Crippen molar-refractivity contribution in [3.05, 3.63) is 66.4 Å². The minimum Gasteiger partial charge on any atom is -0.382 e. The molecular weight excluding hydrogens is 450 g/mol. The minimum absolute atomic E-state index is 0.214. The van der Waals surface area contributed by atoms with E-state index < -0.39 is 15.1 Å². The summed E-state index contributed by atoms with van der Waals surface area (Å²) < 4.78 is 30.3. The number of rotatable bonds is 8. The van der Waals surface area contributed by atoms with Gasteiger partial charge in [-0.2, -0.15) is 0 Å². The molecule has 0 aliphatic rings. The number of anilines is 1. The number of nitrogen functional groups attached to an aromatic ring is 1. The highest BCUT2D eigenvalue weighted by Gasteiger charge is 2.20. The third-order valence-corrected chi connectivity index (χ3v) is 7.64. The number of benzene rings is 2. The first-order chi connectivity index (χ1) is 16.3. The highest BCUT2D eigenvalue weighted by molar-refractivity contribution is 7.92. The molecule has 4 rings (SSSR count). The van der Waals surface area contributed by atoms with Crippen LogP contribution in [0.2, 0.25) is 0 Å². The zero-order valence-electron chi connectivity index (χ0n) is 19.3. The first-order valence-electron chi connectivity index (χ1n) is 11.0. The molecule has 0 spiro atoms. The largest absolute Gasteiger partial charge is 0.382 e. The van der Waals surface area contributed by atoms with E-state index in [4.69, 9.17) is 10.3 Å². The number of hydrogen-bond acceptors (Lipinski definition) is 8. The van der Waals surface area contributed by atoms with E-state index in [1.807, 2.05) is 24.3 Å². The van der Waals surface area contributed by atoms with Crippen LogP contribution in [0.1, 0.15) is 26.3 Å². The molecule has 0 aliphatic carbocycles. The van der Waals surface area contributed by atoms with Crippen molar-refractivity contribution in [3.63, 3.8) is 0 Å². The predicted molar refractivity (Wildman–Crippen MR) is 133 cm³/mol. The van der Waals surface area contributed by atoms with Crippen LogP contribution in [-0.2, 0) is 16.4 Å². The zero-order valence-corrected chi connectivity index (χ0v) is 20.1. The zero-order chi connectivity index (χ0) is 24.3. The lowest BCUT2D eigenvalue weighted by atomic mass is 10.1. The lowest BCUT2D eigenvalue weighted by molar-refractivity contribution is 0.434. The standard InChI is InChI=1S/C25H27N5O3S/c1-4-27-14-17-5-7-18(8-6-17)21-13-23(33-30-21)24-25(26)28-15-22(29-24)19-9-11-20(12-10-19)34(31,32)16(2)3/h5-13,15-16,27H,4,14H2,1-3H3,(H2,26,28). The SMILES string of the molecule is CCNCc1ccc(-c2cc(-c3nc(-c4ccc(S(=O)(=O)C(C)C)cc4)cnc3N)on2)cc1. The highest BCUT2D eigenvalue weighted by atomic mass is 32.2. The van der Waals surface area contributed by atoms with Crippen LogP contribution in [0.3, 0.4) is 0 Å². The topological polar surface area (TPSA) is 124 Å². The van der Waals surface area contributed by atoms with Crippen molar-refractivity contribution in [1.82, 2.24) is 20.4 Å². The van der Waals surface area contributed by atoms with Crippen LogP contribution in [0.15, 0.2) is 70.2 Å². The number of nitrogens with one attached hydrogen (secondary N) is 1. The van der Waals surface area contributed by atoms with Crippen LogP contribution in [0.25, 0.3) is 34.0 Å². The predicted octanol–water partition coefficient (Wildman–Crippen LogP) is 4.34. The van der Waals surface area contributed by atoms with Gasteiger partial charge in [0, 0.05) is 23.7 Å². The molecule has 4 aromatic rings. The molecule has 8 nitrogen and oxygen atoms in total. The smallest absolute Gasteiger partial charge is 0.189 e. The first kappa shape index (κ1) is 23.6. The highest BCUT2D eigenvalue weighted by Crippen LogP contribution is 2.30. The third kappa shape index (κ3) is 4.85. The Hall–Kier alpha value is -3.56. The van der Waals surface area contributed by atoms with Crippen LogP contribution in [0.4, 0.5) is 5.82 Å².